The Morgan fingerprint density at radius 1 is 1.50 bits per heavy atom. The van der Waals surface area contributed by atoms with Crippen molar-refractivity contribution in [3.63, 3.8) is 0 Å². The first-order chi connectivity index (χ1) is 5.25. The largest absolute Gasteiger partial charge is 0.480 e. The Hall–Kier alpha value is 0.430. The van der Waals surface area contributed by atoms with Gasteiger partial charge in [-0.05, 0) is 25.2 Å². The van der Waals surface area contributed by atoms with E-state index in [0.29, 0.717) is 6.04 Å². The van der Waals surface area contributed by atoms with Gasteiger partial charge in [-0.25, -0.2) is 0 Å². The number of hydrogen-bond acceptors (Lipinski definition) is 2. The normalized spacial score (nSPS) is 33.3. The zero-order chi connectivity index (χ0) is 7.84. The molecule has 1 aliphatic heterocycles. The SMILES string of the molecule is O=C(O)CN1CC2CCC1C2.[Na]. The maximum Gasteiger partial charge on any atom is 0.317 e. The molecule has 2 aliphatic rings. The van der Waals surface area contributed by atoms with E-state index in [2.05, 4.69) is 4.90 Å². The molecular weight excluding hydrogens is 165 g/mol. The molecule has 0 aromatic heterocycles. The molecule has 1 aliphatic carbocycles. The third-order valence-corrected chi connectivity index (χ3v) is 2.86. The molecule has 2 atom stereocenters. The first-order valence-corrected chi connectivity index (χ1v) is 4.21. The number of hydrogen-bond donors (Lipinski definition) is 1. The molecule has 0 amide bonds. The van der Waals surface area contributed by atoms with Gasteiger partial charge in [0.2, 0.25) is 0 Å². The molecule has 4 heteroatoms. The van der Waals surface area contributed by atoms with Crippen LogP contribution in [-0.4, -0.2) is 64.7 Å². The zero-order valence-electron chi connectivity index (χ0n) is 7.49. The van der Waals surface area contributed by atoms with Gasteiger partial charge in [0.05, 0.1) is 6.54 Å². The van der Waals surface area contributed by atoms with E-state index in [9.17, 15) is 4.79 Å². The standard InChI is InChI=1S/C8H13NO2.Na/c10-8(11)5-9-4-6-1-2-7(9)3-6;/h6-7H,1-5H2,(H,10,11);. The van der Waals surface area contributed by atoms with Crippen molar-refractivity contribution >= 4 is 35.5 Å². The molecule has 2 unspecified atom stereocenters. The van der Waals surface area contributed by atoms with Crippen LogP contribution in [0.3, 0.4) is 0 Å². The van der Waals surface area contributed by atoms with Gasteiger partial charge in [-0.2, -0.15) is 0 Å². The number of piperidine rings is 1. The fourth-order valence-corrected chi connectivity index (χ4v) is 2.39. The number of carbonyl (C=O) groups is 1. The molecule has 0 aromatic rings. The summed E-state index contributed by atoms with van der Waals surface area (Å²) in [7, 11) is 0. The Morgan fingerprint density at radius 3 is 2.67 bits per heavy atom. The number of carboxylic acids is 1. The van der Waals surface area contributed by atoms with Crippen LogP contribution in [0.4, 0.5) is 0 Å². The molecule has 1 N–H and O–H groups in total. The zero-order valence-corrected chi connectivity index (χ0v) is 9.49. The van der Waals surface area contributed by atoms with Crippen molar-refractivity contribution in [3.8, 4) is 0 Å². The Labute approximate surface area is 94.4 Å². The monoisotopic (exact) mass is 178 g/mol. The quantitative estimate of drug-likeness (QED) is 0.613. The Morgan fingerprint density at radius 2 is 2.25 bits per heavy atom. The molecule has 0 aromatic carbocycles. The second-order valence-corrected chi connectivity index (χ2v) is 3.66. The molecule has 1 saturated carbocycles. The van der Waals surface area contributed by atoms with Crippen LogP contribution in [0.2, 0.25) is 0 Å². The number of carboxylic acid groups (broad SMARTS) is 1. The summed E-state index contributed by atoms with van der Waals surface area (Å²) in [6, 6.07) is 0.594. The summed E-state index contributed by atoms with van der Waals surface area (Å²) < 4.78 is 0. The van der Waals surface area contributed by atoms with Crippen molar-refractivity contribution < 1.29 is 9.90 Å². The molecule has 1 saturated heterocycles. The van der Waals surface area contributed by atoms with Gasteiger partial charge in [-0.3, -0.25) is 9.69 Å². The van der Waals surface area contributed by atoms with Crippen LogP contribution in [0.25, 0.3) is 0 Å². The molecule has 3 nitrogen and oxygen atoms in total. The molecule has 1 heterocycles. The van der Waals surface area contributed by atoms with Gasteiger partial charge >= 0.3 is 5.97 Å². The predicted octanol–water partition coefficient (Wildman–Crippen LogP) is 0.174. The Bertz CT molecular complexity index is 186. The number of nitrogens with zero attached hydrogens (tertiary/aromatic N) is 1. The van der Waals surface area contributed by atoms with Gasteiger partial charge in [-0.1, -0.05) is 0 Å². The first kappa shape index (κ1) is 10.5. The van der Waals surface area contributed by atoms with E-state index in [4.69, 9.17) is 5.11 Å². The topological polar surface area (TPSA) is 40.5 Å². The van der Waals surface area contributed by atoms with Crippen molar-refractivity contribution in [3.05, 3.63) is 0 Å². The van der Waals surface area contributed by atoms with E-state index < -0.39 is 5.97 Å². The minimum absolute atomic E-state index is 0. The molecular formula is C8H13NNaO2. The van der Waals surface area contributed by atoms with Crippen LogP contribution < -0.4 is 0 Å². The minimum atomic E-state index is -0.683. The van der Waals surface area contributed by atoms with Crippen LogP contribution in [0.15, 0.2) is 0 Å². The van der Waals surface area contributed by atoms with Gasteiger partial charge in [0.15, 0.2) is 0 Å². The van der Waals surface area contributed by atoms with Crippen LogP contribution in [0, 0.1) is 5.92 Å². The van der Waals surface area contributed by atoms with Gasteiger partial charge in [0.25, 0.3) is 0 Å². The van der Waals surface area contributed by atoms with E-state index in [1.165, 1.54) is 19.3 Å². The van der Waals surface area contributed by atoms with Crippen LogP contribution >= 0.6 is 0 Å². The first-order valence-electron chi connectivity index (χ1n) is 4.21. The summed E-state index contributed by atoms with van der Waals surface area (Å²) in [5.41, 5.74) is 0. The molecule has 2 bridgehead atoms. The number of fused-ring (bicyclic) bond motifs is 2. The van der Waals surface area contributed by atoms with Crippen molar-refractivity contribution in [2.24, 2.45) is 5.92 Å². The Balaban J connectivity index is 0.000000720. The third-order valence-electron chi connectivity index (χ3n) is 2.86. The van der Waals surface area contributed by atoms with Gasteiger partial charge in [0.1, 0.15) is 0 Å². The average Bonchev–Trinajstić information content (AvgIpc) is 2.45. The maximum absolute atomic E-state index is 10.4. The molecule has 2 fully saturated rings. The molecule has 1 radical (unpaired) electrons. The van der Waals surface area contributed by atoms with Crippen LogP contribution in [-0.2, 0) is 4.79 Å². The molecule has 63 valence electrons. The summed E-state index contributed by atoms with van der Waals surface area (Å²) in [4.78, 5) is 12.5. The van der Waals surface area contributed by atoms with Crippen molar-refractivity contribution in [1.29, 1.82) is 0 Å². The number of rotatable bonds is 2. The smallest absolute Gasteiger partial charge is 0.317 e. The van der Waals surface area contributed by atoms with Gasteiger partial charge in [0, 0.05) is 42.1 Å². The molecule has 12 heavy (non-hydrogen) atoms. The van der Waals surface area contributed by atoms with E-state index in [0.717, 1.165) is 12.5 Å². The van der Waals surface area contributed by atoms with E-state index in [-0.39, 0.29) is 36.1 Å². The summed E-state index contributed by atoms with van der Waals surface area (Å²) in [6.45, 7) is 1.28. The third kappa shape index (κ3) is 2.02. The van der Waals surface area contributed by atoms with Crippen LogP contribution in [0.1, 0.15) is 19.3 Å². The minimum Gasteiger partial charge on any atom is -0.480 e. The molecule has 2 rings (SSSR count). The summed E-state index contributed by atoms with van der Waals surface area (Å²) >= 11 is 0. The van der Waals surface area contributed by atoms with Crippen molar-refractivity contribution in [1.82, 2.24) is 4.90 Å². The van der Waals surface area contributed by atoms with Gasteiger partial charge in [-0.15, -0.1) is 0 Å². The second-order valence-electron chi connectivity index (χ2n) is 3.66. The number of aliphatic carboxylic acids is 1. The summed E-state index contributed by atoms with van der Waals surface area (Å²) in [6.07, 6.45) is 3.78. The Kier molecular flexibility index (Phi) is 3.58. The van der Waals surface area contributed by atoms with E-state index in [1.54, 1.807) is 0 Å². The molecule has 0 spiro atoms. The van der Waals surface area contributed by atoms with Crippen molar-refractivity contribution in [2.45, 2.75) is 25.3 Å². The van der Waals surface area contributed by atoms with E-state index >= 15 is 0 Å². The predicted molar refractivity (Wildman–Crippen MR) is 46.1 cm³/mol. The summed E-state index contributed by atoms with van der Waals surface area (Å²) in [5, 5.41) is 8.56. The van der Waals surface area contributed by atoms with Crippen molar-refractivity contribution in [2.75, 3.05) is 13.1 Å². The summed E-state index contributed by atoms with van der Waals surface area (Å²) in [5.74, 6) is 0.122. The second kappa shape index (κ2) is 4.09. The fourth-order valence-electron chi connectivity index (χ4n) is 2.39. The fraction of sp³-hybridized carbons (Fsp3) is 0.875. The average molecular weight is 178 g/mol. The van der Waals surface area contributed by atoms with Crippen LogP contribution in [0.5, 0.6) is 0 Å². The van der Waals surface area contributed by atoms with Gasteiger partial charge < -0.3 is 5.11 Å². The van der Waals surface area contributed by atoms with E-state index in [1.807, 2.05) is 0 Å². The maximum atomic E-state index is 10.4. The number of likely N-dealkylation sites (tertiary alicyclic amines) is 1.